The molecule has 1 aliphatic carbocycles. The number of aromatic hydroxyl groups is 1. The van der Waals surface area contributed by atoms with Crippen LogP contribution >= 0.6 is 11.6 Å². The Bertz CT molecular complexity index is 1480. The second-order valence-electron chi connectivity index (χ2n) is 11.1. The smallest absolute Gasteiger partial charge is 0.455 e. The Hall–Kier alpha value is -3.51. The zero-order chi connectivity index (χ0) is 30.1. The minimum atomic E-state index is -1.16. The summed E-state index contributed by atoms with van der Waals surface area (Å²) in [4.78, 5) is 39.1. The van der Waals surface area contributed by atoms with E-state index in [9.17, 15) is 34.9 Å². The van der Waals surface area contributed by atoms with Crippen LogP contribution in [0.1, 0.15) is 44.6 Å². The van der Waals surface area contributed by atoms with Crippen molar-refractivity contribution in [3.05, 3.63) is 79.9 Å². The highest BCUT2D eigenvalue weighted by atomic mass is 35.5. The highest BCUT2D eigenvalue weighted by Crippen LogP contribution is 2.51. The molecule has 2 heterocycles. The third-order valence-corrected chi connectivity index (χ3v) is 8.77. The largest absolute Gasteiger partial charge is 0.508 e. The van der Waals surface area contributed by atoms with E-state index < -0.39 is 47.7 Å². The van der Waals surface area contributed by atoms with E-state index in [4.69, 9.17) is 16.3 Å². The summed E-state index contributed by atoms with van der Waals surface area (Å²) >= 11 is 6.33. The van der Waals surface area contributed by atoms with Crippen LogP contribution in [-0.4, -0.2) is 51.8 Å². The number of phenols is 1. The molecule has 2 aromatic carbocycles. The fraction of sp³-hybridized carbons (Fsp3) is 0.400. The number of rotatable bonds is 9. The van der Waals surface area contributed by atoms with Crippen molar-refractivity contribution in [2.75, 3.05) is 11.5 Å². The van der Waals surface area contributed by atoms with Crippen molar-refractivity contribution in [2.24, 2.45) is 17.8 Å². The second kappa shape index (κ2) is 12.4. The maximum atomic E-state index is 13.8. The lowest BCUT2D eigenvalue weighted by Gasteiger charge is -2.43. The standard InChI is InChI=1S/C30H32BClN2O8/c1-2-4-17(11-18-8-9-22(36)14-25(18)32)7-10-26-27-19(16-35)12-23-28(24(27)15-31(39)42-26)30(38)33(29(23)37)20-5-3-6-21(13-20)34(40)41/h3,5-6,8-9,11,13-14,23-24,26,28,35-36,39H,2,4,7,10,12,15-16H2,1H3/b17-11+/t23-,24+,26-,28-/m1/s1. The number of hydrogen-bond donors (Lipinski definition) is 3. The van der Waals surface area contributed by atoms with Crippen LogP contribution in [0.15, 0.2) is 59.2 Å². The van der Waals surface area contributed by atoms with Gasteiger partial charge in [-0.2, -0.15) is 0 Å². The van der Waals surface area contributed by atoms with Crippen LogP contribution in [0.5, 0.6) is 5.75 Å². The molecule has 0 aromatic heterocycles. The number of hydrogen-bond acceptors (Lipinski definition) is 8. The van der Waals surface area contributed by atoms with Gasteiger partial charge in [-0.3, -0.25) is 19.7 Å². The van der Waals surface area contributed by atoms with Gasteiger partial charge in [0, 0.05) is 12.1 Å². The van der Waals surface area contributed by atoms with Crippen LogP contribution in [0.25, 0.3) is 6.08 Å². The number of halogens is 1. The predicted octanol–water partition coefficient (Wildman–Crippen LogP) is 4.91. The molecule has 3 aliphatic rings. The number of aliphatic hydroxyl groups is 1. The Morgan fingerprint density at radius 1 is 1.19 bits per heavy atom. The monoisotopic (exact) mass is 594 g/mol. The average molecular weight is 595 g/mol. The number of carbonyl (C=O) groups excluding carboxylic acids is 2. The highest BCUT2D eigenvalue weighted by molar-refractivity contribution is 6.43. The Balaban J connectivity index is 1.43. The van der Waals surface area contributed by atoms with Crippen molar-refractivity contribution in [3.8, 4) is 5.75 Å². The van der Waals surface area contributed by atoms with E-state index in [1.165, 1.54) is 30.3 Å². The molecule has 0 saturated carbocycles. The van der Waals surface area contributed by atoms with Gasteiger partial charge >= 0.3 is 7.12 Å². The molecule has 0 unspecified atom stereocenters. The molecule has 0 bridgehead atoms. The quantitative estimate of drug-likeness (QED) is 0.122. The first-order valence-corrected chi connectivity index (χ1v) is 14.5. The number of amides is 2. The first-order chi connectivity index (χ1) is 20.1. The van der Waals surface area contributed by atoms with E-state index in [0.717, 1.165) is 34.5 Å². The molecule has 42 heavy (non-hydrogen) atoms. The molecule has 2 saturated heterocycles. The maximum absolute atomic E-state index is 13.8. The van der Waals surface area contributed by atoms with Crippen molar-refractivity contribution in [3.63, 3.8) is 0 Å². The Kier molecular flexibility index (Phi) is 8.84. The van der Waals surface area contributed by atoms with Crippen molar-refractivity contribution >= 4 is 48.0 Å². The number of phenolic OH excluding ortho intramolecular Hbond substituents is 1. The maximum Gasteiger partial charge on any atom is 0.455 e. The number of carbonyl (C=O) groups is 2. The van der Waals surface area contributed by atoms with Gasteiger partial charge in [0.15, 0.2) is 0 Å². The molecule has 2 aromatic rings. The molecule has 4 atom stereocenters. The third-order valence-electron chi connectivity index (χ3n) is 8.44. The molecule has 12 heteroatoms. The van der Waals surface area contributed by atoms with Crippen molar-refractivity contribution in [2.45, 2.75) is 51.5 Å². The number of aliphatic hydroxyl groups excluding tert-OH is 1. The van der Waals surface area contributed by atoms with E-state index in [2.05, 4.69) is 6.92 Å². The summed E-state index contributed by atoms with van der Waals surface area (Å²) in [6, 6.07) is 10.2. The van der Waals surface area contributed by atoms with E-state index in [1.807, 2.05) is 6.08 Å². The van der Waals surface area contributed by atoms with Gasteiger partial charge in [0.2, 0.25) is 11.8 Å². The zero-order valence-corrected chi connectivity index (χ0v) is 23.9. The van der Waals surface area contributed by atoms with Crippen LogP contribution in [0.2, 0.25) is 11.3 Å². The summed E-state index contributed by atoms with van der Waals surface area (Å²) in [5.74, 6) is -2.90. The number of benzene rings is 2. The van der Waals surface area contributed by atoms with Crippen LogP contribution in [0, 0.1) is 27.9 Å². The average Bonchev–Trinajstić information content (AvgIpc) is 3.21. The predicted molar refractivity (Wildman–Crippen MR) is 158 cm³/mol. The fourth-order valence-corrected chi connectivity index (χ4v) is 6.90. The van der Waals surface area contributed by atoms with Crippen LogP contribution in [-0.2, 0) is 14.2 Å². The summed E-state index contributed by atoms with van der Waals surface area (Å²) in [7, 11) is -1.16. The molecule has 220 valence electrons. The fourth-order valence-electron chi connectivity index (χ4n) is 6.67. The number of imide groups is 1. The summed E-state index contributed by atoms with van der Waals surface area (Å²) in [6.45, 7) is 1.75. The molecule has 5 rings (SSSR count). The number of anilines is 1. The van der Waals surface area contributed by atoms with Gasteiger partial charge in [-0.15, -0.1) is 0 Å². The summed E-state index contributed by atoms with van der Waals surface area (Å²) in [5.41, 5.74) is 3.14. The summed E-state index contributed by atoms with van der Waals surface area (Å²) in [6.07, 6.45) is 4.41. The van der Waals surface area contributed by atoms with Crippen LogP contribution in [0.4, 0.5) is 11.4 Å². The van der Waals surface area contributed by atoms with Gasteiger partial charge < -0.3 is 19.9 Å². The van der Waals surface area contributed by atoms with Crippen molar-refractivity contribution in [1.82, 2.24) is 0 Å². The van der Waals surface area contributed by atoms with Crippen molar-refractivity contribution in [1.29, 1.82) is 0 Å². The Labute approximate surface area is 248 Å². The van der Waals surface area contributed by atoms with E-state index in [1.54, 1.807) is 12.1 Å². The van der Waals surface area contributed by atoms with Crippen molar-refractivity contribution < 1.29 is 34.4 Å². The van der Waals surface area contributed by atoms with E-state index in [-0.39, 0.29) is 36.5 Å². The number of fused-ring (bicyclic) bond motifs is 3. The number of allylic oxidation sites excluding steroid dienone is 1. The molecule has 0 spiro atoms. The topological polar surface area (TPSA) is 150 Å². The molecular weight excluding hydrogens is 563 g/mol. The van der Waals surface area contributed by atoms with Gasteiger partial charge in [0.25, 0.3) is 5.69 Å². The van der Waals surface area contributed by atoms with Crippen LogP contribution < -0.4 is 4.90 Å². The molecule has 2 aliphatic heterocycles. The lowest BCUT2D eigenvalue weighted by Crippen LogP contribution is -2.46. The molecule has 0 radical (unpaired) electrons. The summed E-state index contributed by atoms with van der Waals surface area (Å²) in [5, 5.41) is 42.6. The SMILES string of the molecule is CCC/C(=C\c1ccc(O)cc1Cl)CC[C@H]1OB(O)C[C@H]2C1=C(CO)C[C@H]1C(=O)N(c3cccc([N+](=O)[O-])c3)C(=O)[C@H]12. The number of nitrogens with zero attached hydrogens (tertiary/aromatic N) is 2. The van der Waals surface area contributed by atoms with E-state index >= 15 is 0 Å². The van der Waals surface area contributed by atoms with Gasteiger partial charge in [0.1, 0.15) is 5.75 Å². The minimum absolute atomic E-state index is 0.0768. The van der Waals surface area contributed by atoms with Gasteiger partial charge in [-0.05, 0) is 78.9 Å². The second-order valence-corrected chi connectivity index (χ2v) is 11.5. The summed E-state index contributed by atoms with van der Waals surface area (Å²) < 4.78 is 5.99. The Morgan fingerprint density at radius 2 is 1.98 bits per heavy atom. The normalized spacial score (nSPS) is 24.2. The van der Waals surface area contributed by atoms with Gasteiger partial charge in [0.05, 0.1) is 40.2 Å². The first-order valence-electron chi connectivity index (χ1n) is 14.1. The molecule has 2 amide bonds. The van der Waals surface area contributed by atoms with Gasteiger partial charge in [-0.1, -0.05) is 42.7 Å². The molecule has 2 fully saturated rings. The molecular formula is C30H32BClN2O8. The molecule has 10 nitrogen and oxygen atoms in total. The highest BCUT2D eigenvalue weighted by Gasteiger charge is 2.57. The zero-order valence-electron chi connectivity index (χ0n) is 23.1. The Morgan fingerprint density at radius 3 is 2.67 bits per heavy atom. The number of non-ortho nitro benzene ring substituents is 1. The number of nitro groups is 1. The molecule has 3 N–H and O–H groups in total. The lowest BCUT2D eigenvalue weighted by molar-refractivity contribution is -0.384. The van der Waals surface area contributed by atoms with E-state index in [0.29, 0.717) is 23.4 Å². The lowest BCUT2D eigenvalue weighted by atomic mass is 9.58. The number of nitro benzene ring substituents is 1. The minimum Gasteiger partial charge on any atom is -0.508 e. The van der Waals surface area contributed by atoms with Crippen LogP contribution in [0.3, 0.4) is 0 Å². The first kappa shape index (κ1) is 30.0. The van der Waals surface area contributed by atoms with Gasteiger partial charge in [-0.25, -0.2) is 4.90 Å². The third kappa shape index (κ3) is 5.74.